The van der Waals surface area contributed by atoms with Crippen LogP contribution in [0.1, 0.15) is 35.4 Å². The summed E-state index contributed by atoms with van der Waals surface area (Å²) in [6.07, 6.45) is 3.02. The highest BCUT2D eigenvalue weighted by molar-refractivity contribution is 7.90. The van der Waals surface area contributed by atoms with E-state index in [1.807, 2.05) is 10.5 Å². The second kappa shape index (κ2) is 6.88. The Morgan fingerprint density at radius 3 is 2.69 bits per heavy atom. The van der Waals surface area contributed by atoms with E-state index in [2.05, 4.69) is 4.98 Å². The molecule has 0 aliphatic carbocycles. The molecule has 1 N–H and O–H groups in total. The van der Waals surface area contributed by atoms with Gasteiger partial charge in [-0.15, -0.1) is 0 Å². The number of unbranched alkanes of at least 4 members (excludes halogenated alkanes) is 2. The molecule has 1 aliphatic heterocycles. The van der Waals surface area contributed by atoms with E-state index in [1.54, 1.807) is 23.2 Å². The lowest BCUT2D eigenvalue weighted by Crippen LogP contribution is -2.37. The topological polar surface area (TPSA) is 83.8 Å². The summed E-state index contributed by atoms with van der Waals surface area (Å²) in [5, 5.41) is 0. The molecule has 0 aromatic carbocycles. The standard InChI is InChI=1S/C15H17F3N4O3S/c16-15(17,18)26(24,25)20-7-2-1-3-8-21-10-11-9-19-13-6-4-5-12(14(21)23)22(11)13/h4-6,9,20H,1-3,7-8,10H2. The van der Waals surface area contributed by atoms with Crippen molar-refractivity contribution in [1.29, 1.82) is 0 Å². The number of hydrogen-bond donors (Lipinski definition) is 1. The molecule has 3 heterocycles. The van der Waals surface area contributed by atoms with E-state index >= 15 is 0 Å². The zero-order valence-corrected chi connectivity index (χ0v) is 14.5. The Labute approximate surface area is 147 Å². The molecule has 0 saturated carbocycles. The van der Waals surface area contributed by atoms with Crippen molar-refractivity contribution in [2.45, 2.75) is 31.3 Å². The third-order valence-electron chi connectivity index (χ3n) is 4.16. The maximum Gasteiger partial charge on any atom is 0.511 e. The number of carbonyl (C=O) groups excluding carboxylic acids is 1. The van der Waals surface area contributed by atoms with Crippen LogP contribution in [0.5, 0.6) is 0 Å². The predicted octanol–water partition coefficient (Wildman–Crippen LogP) is 1.90. The van der Waals surface area contributed by atoms with E-state index in [-0.39, 0.29) is 18.9 Å². The molecule has 2 aromatic heterocycles. The lowest BCUT2D eigenvalue weighted by Gasteiger charge is -2.27. The molecular formula is C15H17F3N4O3S. The van der Waals surface area contributed by atoms with Crippen LogP contribution in [-0.2, 0) is 16.6 Å². The quantitative estimate of drug-likeness (QED) is 0.732. The Morgan fingerprint density at radius 1 is 1.19 bits per heavy atom. The van der Waals surface area contributed by atoms with Crippen molar-refractivity contribution in [3.05, 3.63) is 35.8 Å². The Kier molecular flexibility index (Phi) is 4.93. The highest BCUT2D eigenvalue weighted by atomic mass is 32.2. The third-order valence-corrected chi connectivity index (χ3v) is 5.36. The molecule has 1 aliphatic rings. The summed E-state index contributed by atoms with van der Waals surface area (Å²) in [5.41, 5.74) is -3.16. The van der Waals surface area contributed by atoms with Gasteiger partial charge in [0, 0.05) is 13.1 Å². The highest BCUT2D eigenvalue weighted by Crippen LogP contribution is 2.22. The molecule has 142 valence electrons. The molecule has 0 spiro atoms. The molecule has 0 fully saturated rings. The normalized spacial score (nSPS) is 15.0. The first-order chi connectivity index (χ1) is 12.2. The van der Waals surface area contributed by atoms with Crippen molar-refractivity contribution in [3.63, 3.8) is 0 Å². The Morgan fingerprint density at radius 2 is 1.96 bits per heavy atom. The molecule has 26 heavy (non-hydrogen) atoms. The Bertz CT molecular complexity index is 924. The van der Waals surface area contributed by atoms with E-state index in [0.717, 1.165) is 5.69 Å². The van der Waals surface area contributed by atoms with Crippen LogP contribution >= 0.6 is 0 Å². The van der Waals surface area contributed by atoms with Gasteiger partial charge < -0.3 is 4.90 Å². The van der Waals surface area contributed by atoms with Gasteiger partial charge in [-0.25, -0.2) is 18.1 Å². The molecule has 11 heteroatoms. The second-order valence-corrected chi connectivity index (χ2v) is 7.74. The fraction of sp³-hybridized carbons (Fsp3) is 0.467. The minimum absolute atomic E-state index is 0.126. The summed E-state index contributed by atoms with van der Waals surface area (Å²) in [4.78, 5) is 18.4. The maximum atomic E-state index is 12.5. The average Bonchev–Trinajstić information content (AvgIpc) is 2.98. The lowest BCUT2D eigenvalue weighted by molar-refractivity contribution is -0.0447. The molecule has 2 aromatic rings. The number of nitrogens with zero attached hydrogens (tertiary/aromatic N) is 3. The summed E-state index contributed by atoms with van der Waals surface area (Å²) < 4.78 is 61.6. The van der Waals surface area contributed by atoms with Crippen molar-refractivity contribution in [2.24, 2.45) is 0 Å². The number of amides is 1. The number of hydrogen-bond acceptors (Lipinski definition) is 4. The van der Waals surface area contributed by atoms with Crippen molar-refractivity contribution in [1.82, 2.24) is 19.0 Å². The Balaban J connectivity index is 1.47. The first-order valence-electron chi connectivity index (χ1n) is 8.01. The van der Waals surface area contributed by atoms with Gasteiger partial charge in [-0.2, -0.15) is 13.2 Å². The van der Waals surface area contributed by atoms with Crippen LogP contribution in [0, 0.1) is 0 Å². The predicted molar refractivity (Wildman–Crippen MR) is 86.8 cm³/mol. The fourth-order valence-corrected chi connectivity index (χ4v) is 3.46. The average molecular weight is 390 g/mol. The number of pyridine rings is 1. The highest BCUT2D eigenvalue weighted by Gasteiger charge is 2.45. The largest absolute Gasteiger partial charge is 0.511 e. The van der Waals surface area contributed by atoms with Gasteiger partial charge in [0.25, 0.3) is 5.91 Å². The lowest BCUT2D eigenvalue weighted by atomic mass is 10.2. The van der Waals surface area contributed by atoms with Crippen LogP contribution in [0.4, 0.5) is 13.2 Å². The van der Waals surface area contributed by atoms with Gasteiger partial charge in [0.05, 0.1) is 18.4 Å². The summed E-state index contributed by atoms with van der Waals surface area (Å²) >= 11 is 0. The zero-order valence-electron chi connectivity index (χ0n) is 13.7. The summed E-state index contributed by atoms with van der Waals surface area (Å²) in [7, 11) is -5.29. The van der Waals surface area contributed by atoms with Gasteiger partial charge in [0.1, 0.15) is 11.3 Å². The van der Waals surface area contributed by atoms with Crippen LogP contribution in [0.15, 0.2) is 24.4 Å². The van der Waals surface area contributed by atoms with Crippen LogP contribution in [0.3, 0.4) is 0 Å². The second-order valence-electron chi connectivity index (χ2n) is 5.99. The molecule has 7 nitrogen and oxygen atoms in total. The molecule has 3 rings (SSSR count). The third kappa shape index (κ3) is 3.54. The van der Waals surface area contributed by atoms with E-state index in [0.29, 0.717) is 37.3 Å². The number of halogens is 3. The number of sulfonamides is 1. The van der Waals surface area contributed by atoms with Gasteiger partial charge in [-0.1, -0.05) is 12.5 Å². The number of aromatic nitrogens is 2. The molecule has 0 unspecified atom stereocenters. The summed E-state index contributed by atoms with van der Waals surface area (Å²) in [5.74, 6) is -0.126. The molecule has 0 radical (unpaired) electrons. The van der Waals surface area contributed by atoms with Crippen molar-refractivity contribution in [2.75, 3.05) is 13.1 Å². The van der Waals surface area contributed by atoms with Gasteiger partial charge in [-0.3, -0.25) is 9.20 Å². The van der Waals surface area contributed by atoms with Gasteiger partial charge in [0.2, 0.25) is 0 Å². The molecule has 0 saturated heterocycles. The molecule has 0 bridgehead atoms. The van der Waals surface area contributed by atoms with Crippen molar-refractivity contribution in [3.8, 4) is 0 Å². The van der Waals surface area contributed by atoms with Crippen molar-refractivity contribution >= 4 is 21.6 Å². The Hall–Kier alpha value is -2.14. The fourth-order valence-electron chi connectivity index (χ4n) is 2.88. The van der Waals surface area contributed by atoms with Gasteiger partial charge in [-0.05, 0) is 25.0 Å². The van der Waals surface area contributed by atoms with Crippen LogP contribution < -0.4 is 4.72 Å². The van der Waals surface area contributed by atoms with Crippen LogP contribution in [0.25, 0.3) is 5.65 Å². The number of carbonyl (C=O) groups is 1. The van der Waals surface area contributed by atoms with Gasteiger partial charge >= 0.3 is 15.5 Å². The smallest absolute Gasteiger partial charge is 0.331 e. The molecule has 0 atom stereocenters. The number of rotatable bonds is 7. The van der Waals surface area contributed by atoms with E-state index in [1.165, 1.54) is 4.72 Å². The number of imidazole rings is 1. The number of alkyl halides is 3. The summed E-state index contributed by atoms with van der Waals surface area (Å²) in [6.45, 7) is 0.562. The van der Waals surface area contributed by atoms with Crippen LogP contribution in [0.2, 0.25) is 0 Å². The zero-order chi connectivity index (χ0) is 18.9. The molecular weight excluding hydrogens is 373 g/mol. The number of nitrogens with one attached hydrogen (secondary N) is 1. The van der Waals surface area contributed by atoms with E-state index in [9.17, 15) is 26.4 Å². The van der Waals surface area contributed by atoms with E-state index in [4.69, 9.17) is 0 Å². The van der Waals surface area contributed by atoms with Gasteiger partial charge in [0.15, 0.2) is 0 Å². The van der Waals surface area contributed by atoms with E-state index < -0.39 is 15.5 Å². The minimum Gasteiger partial charge on any atom is -0.331 e. The monoisotopic (exact) mass is 390 g/mol. The maximum absolute atomic E-state index is 12.5. The first kappa shape index (κ1) is 18.6. The first-order valence-corrected chi connectivity index (χ1v) is 9.49. The molecule has 1 amide bonds. The van der Waals surface area contributed by atoms with Crippen LogP contribution in [-0.4, -0.2) is 47.2 Å². The SMILES string of the molecule is O=C1c2cccc3ncc(n23)CN1CCCCCNS(=O)(=O)C(F)(F)F. The van der Waals surface area contributed by atoms with Crippen molar-refractivity contribution < 1.29 is 26.4 Å². The minimum atomic E-state index is -5.29. The summed E-state index contributed by atoms with van der Waals surface area (Å²) in [6, 6.07) is 5.30.